The zero-order valence-corrected chi connectivity index (χ0v) is 11.3. The van der Waals surface area contributed by atoms with Crippen molar-refractivity contribution in [2.45, 2.75) is 12.5 Å². The lowest BCUT2D eigenvalue weighted by Gasteiger charge is -2.10. The van der Waals surface area contributed by atoms with Crippen molar-refractivity contribution >= 4 is 23.6 Å². The van der Waals surface area contributed by atoms with Gasteiger partial charge in [0.25, 0.3) is 0 Å². The first kappa shape index (κ1) is 13.7. The number of nitrogens with one attached hydrogen (secondary N) is 1. The molecule has 1 saturated heterocycles. The molecule has 1 aromatic carbocycles. The molecule has 0 aromatic heterocycles. The predicted octanol–water partition coefficient (Wildman–Crippen LogP) is 1.45. The molecule has 2 rings (SSSR count). The van der Waals surface area contributed by atoms with Gasteiger partial charge in [-0.25, -0.2) is 4.79 Å². The lowest BCUT2D eigenvalue weighted by Crippen LogP contribution is -2.35. The van der Waals surface area contributed by atoms with E-state index in [4.69, 9.17) is 16.3 Å². The number of likely N-dealkylation sites (N-methyl/N-ethyl adjacent to an activating group) is 1. The molecule has 0 radical (unpaired) electrons. The third-order valence-corrected chi connectivity index (χ3v) is 3.26. The Labute approximate surface area is 116 Å². The smallest absolute Gasteiger partial charge is 0.410 e. The largest absolute Gasteiger partial charge is 0.442 e. The maximum atomic E-state index is 11.8. The van der Waals surface area contributed by atoms with E-state index < -0.39 is 0 Å². The van der Waals surface area contributed by atoms with E-state index in [1.165, 1.54) is 4.90 Å². The van der Waals surface area contributed by atoms with E-state index in [1.807, 2.05) is 18.2 Å². The average Bonchev–Trinajstić information content (AvgIpc) is 2.69. The number of halogens is 1. The summed E-state index contributed by atoms with van der Waals surface area (Å²) in [5.41, 5.74) is 0.780. The van der Waals surface area contributed by atoms with E-state index in [0.29, 0.717) is 18.1 Å². The molecule has 5 nitrogen and oxygen atoms in total. The molecule has 1 aliphatic heterocycles. The summed E-state index contributed by atoms with van der Waals surface area (Å²) in [4.78, 5) is 24.4. The lowest BCUT2D eigenvalue weighted by molar-refractivity contribution is -0.120. The van der Waals surface area contributed by atoms with Gasteiger partial charge in [0.1, 0.15) is 6.10 Å². The quantitative estimate of drug-likeness (QED) is 0.909. The van der Waals surface area contributed by atoms with Crippen LogP contribution in [0, 0.1) is 0 Å². The number of benzene rings is 1. The predicted molar refractivity (Wildman–Crippen MR) is 71.1 cm³/mol. The van der Waals surface area contributed by atoms with Crippen LogP contribution in [-0.4, -0.2) is 43.1 Å². The number of amides is 2. The lowest BCUT2D eigenvalue weighted by atomic mass is 10.1. The summed E-state index contributed by atoms with van der Waals surface area (Å²) in [6.45, 7) is 0.810. The zero-order valence-electron chi connectivity index (χ0n) is 10.6. The number of hydrogen-bond donors (Lipinski definition) is 1. The number of carbonyl (C=O) groups is 2. The topological polar surface area (TPSA) is 58.6 Å². The van der Waals surface area contributed by atoms with Gasteiger partial charge in [0.15, 0.2) is 0 Å². The molecule has 2 amide bonds. The van der Waals surface area contributed by atoms with Crippen LogP contribution in [0.4, 0.5) is 4.79 Å². The molecule has 1 unspecified atom stereocenters. The van der Waals surface area contributed by atoms with Crippen molar-refractivity contribution < 1.29 is 14.3 Å². The highest BCUT2D eigenvalue weighted by atomic mass is 35.5. The number of ether oxygens (including phenoxy) is 1. The highest BCUT2D eigenvalue weighted by molar-refractivity contribution is 6.31. The van der Waals surface area contributed by atoms with Crippen LogP contribution in [0.5, 0.6) is 0 Å². The minimum absolute atomic E-state index is 0.140. The van der Waals surface area contributed by atoms with Gasteiger partial charge in [-0.1, -0.05) is 29.8 Å². The molecule has 0 spiro atoms. The van der Waals surface area contributed by atoms with Crippen LogP contribution < -0.4 is 5.32 Å². The fourth-order valence-corrected chi connectivity index (χ4v) is 2.06. The standard InChI is InChI=1S/C13H15ClN2O3/c1-16-8-10(19-13(16)18)7-15-12(17)6-9-4-2-3-5-11(9)14/h2-5,10H,6-8H2,1H3,(H,15,17). The summed E-state index contributed by atoms with van der Waals surface area (Å²) in [6.07, 6.45) is -0.422. The summed E-state index contributed by atoms with van der Waals surface area (Å²) in [5.74, 6) is -0.140. The second kappa shape index (κ2) is 5.93. The number of hydrogen-bond acceptors (Lipinski definition) is 3. The van der Waals surface area contributed by atoms with Crippen LogP contribution in [0.3, 0.4) is 0 Å². The first-order valence-electron chi connectivity index (χ1n) is 5.98. The first-order valence-corrected chi connectivity index (χ1v) is 6.36. The zero-order chi connectivity index (χ0) is 13.8. The summed E-state index contributed by atoms with van der Waals surface area (Å²) < 4.78 is 5.04. The van der Waals surface area contributed by atoms with Gasteiger partial charge in [0, 0.05) is 12.1 Å². The van der Waals surface area contributed by atoms with Crippen molar-refractivity contribution in [1.29, 1.82) is 0 Å². The number of carbonyl (C=O) groups excluding carboxylic acids is 2. The summed E-state index contributed by atoms with van der Waals surface area (Å²) in [5, 5.41) is 3.31. The fourth-order valence-electron chi connectivity index (χ4n) is 1.86. The van der Waals surface area contributed by atoms with Crippen LogP contribution in [0.2, 0.25) is 5.02 Å². The average molecular weight is 283 g/mol. The molecule has 1 atom stereocenters. The van der Waals surface area contributed by atoms with E-state index >= 15 is 0 Å². The molecule has 102 valence electrons. The summed E-state index contributed by atoms with van der Waals surface area (Å²) in [7, 11) is 1.66. The van der Waals surface area contributed by atoms with Crippen molar-refractivity contribution in [2.24, 2.45) is 0 Å². The van der Waals surface area contributed by atoms with Crippen molar-refractivity contribution in [2.75, 3.05) is 20.1 Å². The van der Waals surface area contributed by atoms with Gasteiger partial charge in [0.05, 0.1) is 19.5 Å². The molecule has 1 N–H and O–H groups in total. The molecule has 6 heteroatoms. The summed E-state index contributed by atoms with van der Waals surface area (Å²) >= 11 is 5.98. The van der Waals surface area contributed by atoms with E-state index in [9.17, 15) is 9.59 Å². The van der Waals surface area contributed by atoms with E-state index in [1.54, 1.807) is 13.1 Å². The maximum absolute atomic E-state index is 11.8. The molecular formula is C13H15ClN2O3. The Bertz CT molecular complexity index is 493. The number of rotatable bonds is 4. The Morgan fingerprint density at radius 3 is 2.89 bits per heavy atom. The van der Waals surface area contributed by atoms with E-state index in [2.05, 4.69) is 5.32 Å². The van der Waals surface area contributed by atoms with Crippen LogP contribution in [-0.2, 0) is 16.0 Å². The third kappa shape index (κ3) is 3.61. The molecule has 1 aromatic rings. The van der Waals surface area contributed by atoms with Crippen molar-refractivity contribution in [3.63, 3.8) is 0 Å². The third-order valence-electron chi connectivity index (χ3n) is 2.89. The molecule has 1 heterocycles. The van der Waals surface area contributed by atoms with Gasteiger partial charge < -0.3 is 15.0 Å². The normalized spacial score (nSPS) is 18.3. The molecule has 0 saturated carbocycles. The summed E-state index contributed by atoms with van der Waals surface area (Å²) in [6, 6.07) is 7.21. The Kier molecular flexibility index (Phi) is 4.27. The molecule has 1 aliphatic rings. The minimum Gasteiger partial charge on any atom is -0.442 e. The van der Waals surface area contributed by atoms with Crippen molar-refractivity contribution in [1.82, 2.24) is 10.2 Å². The van der Waals surface area contributed by atoms with E-state index in [0.717, 1.165) is 5.56 Å². The van der Waals surface area contributed by atoms with Gasteiger partial charge in [0.2, 0.25) is 5.91 Å². The Morgan fingerprint density at radius 1 is 1.53 bits per heavy atom. The minimum atomic E-state index is -0.356. The van der Waals surface area contributed by atoms with Crippen molar-refractivity contribution in [3.8, 4) is 0 Å². The Balaban J connectivity index is 1.80. The fraction of sp³-hybridized carbons (Fsp3) is 0.385. The number of nitrogens with zero attached hydrogens (tertiary/aromatic N) is 1. The Hall–Kier alpha value is -1.75. The van der Waals surface area contributed by atoms with Gasteiger partial charge in [-0.3, -0.25) is 4.79 Å². The second-order valence-electron chi connectivity index (χ2n) is 4.46. The SMILES string of the molecule is CN1CC(CNC(=O)Cc2ccccc2Cl)OC1=O. The van der Waals surface area contributed by atoms with E-state index in [-0.39, 0.29) is 24.5 Å². The van der Waals surface area contributed by atoms with Gasteiger partial charge in [-0.15, -0.1) is 0 Å². The highest BCUT2D eigenvalue weighted by Gasteiger charge is 2.28. The maximum Gasteiger partial charge on any atom is 0.410 e. The van der Waals surface area contributed by atoms with Crippen LogP contribution in [0.1, 0.15) is 5.56 Å². The van der Waals surface area contributed by atoms with Crippen LogP contribution >= 0.6 is 11.6 Å². The Morgan fingerprint density at radius 2 is 2.26 bits per heavy atom. The first-order chi connectivity index (χ1) is 9.06. The number of cyclic esters (lactones) is 1. The van der Waals surface area contributed by atoms with Gasteiger partial charge >= 0.3 is 6.09 Å². The molecular weight excluding hydrogens is 268 g/mol. The molecule has 0 bridgehead atoms. The monoisotopic (exact) mass is 282 g/mol. The molecule has 1 fully saturated rings. The van der Waals surface area contributed by atoms with Gasteiger partial charge in [-0.2, -0.15) is 0 Å². The van der Waals surface area contributed by atoms with Crippen LogP contribution in [0.15, 0.2) is 24.3 Å². The molecule has 0 aliphatic carbocycles. The van der Waals surface area contributed by atoms with Crippen molar-refractivity contribution in [3.05, 3.63) is 34.9 Å². The molecule has 19 heavy (non-hydrogen) atoms. The van der Waals surface area contributed by atoms with Gasteiger partial charge in [-0.05, 0) is 11.6 Å². The van der Waals surface area contributed by atoms with Crippen LogP contribution in [0.25, 0.3) is 0 Å². The second-order valence-corrected chi connectivity index (χ2v) is 4.87. The highest BCUT2D eigenvalue weighted by Crippen LogP contribution is 2.15.